The fourth-order valence-electron chi connectivity index (χ4n) is 1.93. The maximum atomic E-state index is 9.77. The lowest BCUT2D eigenvalue weighted by atomic mass is 10.2. The van der Waals surface area contributed by atoms with Crippen LogP contribution in [0.15, 0.2) is 67.0 Å². The Balaban J connectivity index is 1.71. The minimum atomic E-state index is 0.162. The van der Waals surface area contributed by atoms with Crippen molar-refractivity contribution in [3.05, 3.63) is 72.6 Å². The van der Waals surface area contributed by atoms with Gasteiger partial charge in [-0.15, -0.1) is 0 Å². The highest BCUT2D eigenvalue weighted by atomic mass is 16.5. The second-order valence-corrected chi connectivity index (χ2v) is 4.53. The minimum Gasteiger partial charge on any atom is -0.507 e. The van der Waals surface area contributed by atoms with Crippen LogP contribution >= 0.6 is 0 Å². The zero-order valence-electron chi connectivity index (χ0n) is 11.3. The third kappa shape index (κ3) is 3.17. The molecule has 1 heterocycles. The summed E-state index contributed by atoms with van der Waals surface area (Å²) < 4.78 is 5.63. The normalized spacial score (nSPS) is 10.3. The topological polar surface area (TPSA) is 55.2 Å². The van der Waals surface area contributed by atoms with Crippen molar-refractivity contribution in [3.63, 3.8) is 0 Å². The molecule has 0 aliphatic carbocycles. The van der Waals surface area contributed by atoms with Gasteiger partial charge in [-0.25, -0.2) is 9.97 Å². The van der Waals surface area contributed by atoms with Crippen molar-refractivity contribution >= 4 is 0 Å². The highest BCUT2D eigenvalue weighted by Crippen LogP contribution is 2.25. The van der Waals surface area contributed by atoms with E-state index in [1.54, 1.807) is 30.6 Å². The summed E-state index contributed by atoms with van der Waals surface area (Å²) in [6.07, 6.45) is 3.22. The molecule has 0 spiro atoms. The number of rotatable bonds is 4. The summed E-state index contributed by atoms with van der Waals surface area (Å²) in [4.78, 5) is 8.45. The number of para-hydroxylation sites is 1. The number of aromatic nitrogens is 2. The lowest BCUT2D eigenvalue weighted by molar-refractivity contribution is 0.303. The van der Waals surface area contributed by atoms with Gasteiger partial charge in [-0.3, -0.25) is 0 Å². The van der Waals surface area contributed by atoms with E-state index in [4.69, 9.17) is 4.74 Å². The molecule has 0 unspecified atom stereocenters. The minimum absolute atomic E-state index is 0.162. The van der Waals surface area contributed by atoms with Crippen LogP contribution in [0.2, 0.25) is 0 Å². The largest absolute Gasteiger partial charge is 0.507 e. The summed E-state index contributed by atoms with van der Waals surface area (Å²) in [5, 5.41) is 9.77. The van der Waals surface area contributed by atoms with Crippen molar-refractivity contribution in [2.75, 3.05) is 0 Å². The average molecular weight is 278 g/mol. The monoisotopic (exact) mass is 278 g/mol. The van der Waals surface area contributed by atoms with Crippen LogP contribution in [0, 0.1) is 0 Å². The summed E-state index contributed by atoms with van der Waals surface area (Å²) in [5.41, 5.74) is 1.69. The van der Waals surface area contributed by atoms with Gasteiger partial charge in [0.2, 0.25) is 0 Å². The summed E-state index contributed by atoms with van der Waals surface area (Å²) in [7, 11) is 0. The van der Waals surface area contributed by atoms with E-state index in [9.17, 15) is 5.11 Å². The molecule has 3 rings (SSSR count). The fourth-order valence-corrected chi connectivity index (χ4v) is 1.93. The SMILES string of the molecule is Oc1ccccc1-c1ncc(OCc2ccccc2)cn1. The first-order valence-electron chi connectivity index (χ1n) is 6.60. The lowest BCUT2D eigenvalue weighted by Crippen LogP contribution is -1.97. The Labute approximate surface area is 122 Å². The number of ether oxygens (including phenoxy) is 1. The number of phenolic OH excluding ortho intramolecular Hbond substituents is 1. The molecule has 21 heavy (non-hydrogen) atoms. The Kier molecular flexibility index (Phi) is 3.78. The number of benzene rings is 2. The first-order valence-corrected chi connectivity index (χ1v) is 6.60. The van der Waals surface area contributed by atoms with Crippen molar-refractivity contribution in [1.82, 2.24) is 9.97 Å². The molecule has 2 aromatic carbocycles. The van der Waals surface area contributed by atoms with E-state index in [0.717, 1.165) is 5.56 Å². The highest BCUT2D eigenvalue weighted by Gasteiger charge is 2.06. The molecular weight excluding hydrogens is 264 g/mol. The Morgan fingerprint density at radius 3 is 2.24 bits per heavy atom. The molecular formula is C17H14N2O2. The zero-order chi connectivity index (χ0) is 14.5. The summed E-state index contributed by atoms with van der Waals surface area (Å²) >= 11 is 0. The zero-order valence-corrected chi connectivity index (χ0v) is 11.3. The van der Waals surface area contributed by atoms with Gasteiger partial charge in [0.15, 0.2) is 11.6 Å². The molecule has 104 valence electrons. The van der Waals surface area contributed by atoms with E-state index in [2.05, 4.69) is 9.97 Å². The molecule has 0 fully saturated rings. The van der Waals surface area contributed by atoms with Crippen LogP contribution in [0.3, 0.4) is 0 Å². The van der Waals surface area contributed by atoms with Crippen molar-refractivity contribution < 1.29 is 9.84 Å². The number of nitrogens with zero attached hydrogens (tertiary/aromatic N) is 2. The lowest BCUT2D eigenvalue weighted by Gasteiger charge is -2.07. The quantitative estimate of drug-likeness (QED) is 0.794. The van der Waals surface area contributed by atoms with Crippen molar-refractivity contribution in [2.45, 2.75) is 6.61 Å². The van der Waals surface area contributed by atoms with Crippen LogP contribution in [0.4, 0.5) is 0 Å². The Morgan fingerprint density at radius 1 is 0.857 bits per heavy atom. The van der Waals surface area contributed by atoms with Gasteiger partial charge in [0.25, 0.3) is 0 Å². The molecule has 0 saturated heterocycles. The van der Waals surface area contributed by atoms with E-state index < -0.39 is 0 Å². The highest BCUT2D eigenvalue weighted by molar-refractivity contribution is 5.63. The molecule has 4 heteroatoms. The van der Waals surface area contributed by atoms with Crippen LogP contribution in [-0.4, -0.2) is 15.1 Å². The third-order valence-corrected chi connectivity index (χ3v) is 3.02. The average Bonchev–Trinajstić information content (AvgIpc) is 2.55. The Morgan fingerprint density at radius 2 is 1.52 bits per heavy atom. The Hall–Kier alpha value is -2.88. The fraction of sp³-hybridized carbons (Fsp3) is 0.0588. The first kappa shape index (κ1) is 13.1. The number of aromatic hydroxyl groups is 1. The van der Waals surface area contributed by atoms with Gasteiger partial charge < -0.3 is 9.84 Å². The number of hydrogen-bond acceptors (Lipinski definition) is 4. The molecule has 0 saturated carbocycles. The first-order chi connectivity index (χ1) is 10.3. The van der Waals surface area contributed by atoms with Gasteiger partial charge in [0.05, 0.1) is 18.0 Å². The van der Waals surface area contributed by atoms with E-state index >= 15 is 0 Å². The maximum Gasteiger partial charge on any atom is 0.163 e. The van der Waals surface area contributed by atoms with Crippen molar-refractivity contribution in [1.29, 1.82) is 0 Å². The molecule has 1 N–H and O–H groups in total. The molecule has 0 amide bonds. The van der Waals surface area contributed by atoms with Gasteiger partial charge in [-0.05, 0) is 17.7 Å². The van der Waals surface area contributed by atoms with Crippen LogP contribution in [0.5, 0.6) is 11.5 Å². The second kappa shape index (κ2) is 6.05. The molecule has 0 aliphatic rings. The predicted octanol–water partition coefficient (Wildman–Crippen LogP) is 3.43. The molecule has 3 aromatic rings. The van der Waals surface area contributed by atoms with Gasteiger partial charge >= 0.3 is 0 Å². The molecule has 4 nitrogen and oxygen atoms in total. The second-order valence-electron chi connectivity index (χ2n) is 4.53. The van der Waals surface area contributed by atoms with Crippen LogP contribution in [0.25, 0.3) is 11.4 Å². The smallest absolute Gasteiger partial charge is 0.163 e. The summed E-state index contributed by atoms with van der Waals surface area (Å²) in [5.74, 6) is 1.23. The van der Waals surface area contributed by atoms with Crippen molar-refractivity contribution in [2.24, 2.45) is 0 Å². The molecule has 0 bridgehead atoms. The van der Waals surface area contributed by atoms with Gasteiger partial charge in [0, 0.05) is 0 Å². The van der Waals surface area contributed by atoms with Crippen LogP contribution < -0.4 is 4.74 Å². The molecule has 1 aromatic heterocycles. The number of phenols is 1. The standard InChI is InChI=1S/C17H14N2O2/c20-16-9-5-4-8-15(16)17-18-10-14(11-19-17)21-12-13-6-2-1-3-7-13/h1-11,20H,12H2. The van der Waals surface area contributed by atoms with Gasteiger partial charge in [0.1, 0.15) is 12.4 Å². The van der Waals surface area contributed by atoms with E-state index in [0.29, 0.717) is 23.7 Å². The van der Waals surface area contributed by atoms with E-state index in [1.807, 2.05) is 36.4 Å². The summed E-state index contributed by atoms with van der Waals surface area (Å²) in [6.45, 7) is 0.472. The number of hydrogen-bond donors (Lipinski definition) is 1. The maximum absolute atomic E-state index is 9.77. The van der Waals surface area contributed by atoms with Crippen molar-refractivity contribution in [3.8, 4) is 22.9 Å². The third-order valence-electron chi connectivity index (χ3n) is 3.02. The van der Waals surface area contributed by atoms with E-state index in [-0.39, 0.29) is 5.75 Å². The van der Waals surface area contributed by atoms with Crippen LogP contribution in [-0.2, 0) is 6.61 Å². The molecule has 0 aliphatic heterocycles. The summed E-state index contributed by atoms with van der Waals surface area (Å²) in [6, 6.07) is 16.9. The Bertz CT molecular complexity index is 712. The molecule has 0 atom stereocenters. The van der Waals surface area contributed by atoms with Gasteiger partial charge in [-0.2, -0.15) is 0 Å². The van der Waals surface area contributed by atoms with E-state index in [1.165, 1.54) is 0 Å². The van der Waals surface area contributed by atoms with Gasteiger partial charge in [-0.1, -0.05) is 42.5 Å². The molecule has 0 radical (unpaired) electrons. The predicted molar refractivity (Wildman–Crippen MR) is 79.9 cm³/mol. The van der Waals surface area contributed by atoms with Crippen LogP contribution in [0.1, 0.15) is 5.56 Å².